The molecule has 1 aromatic carbocycles. The molecule has 0 amide bonds. The normalized spacial score (nSPS) is 10.2. The Labute approximate surface area is 100 Å². The molecule has 1 heterocycles. The maximum Gasteiger partial charge on any atom is 0.113 e. The zero-order valence-corrected chi connectivity index (χ0v) is 9.87. The zero-order valence-electron chi connectivity index (χ0n) is 9.06. The minimum atomic E-state index is 0.902. The van der Waals surface area contributed by atoms with Crippen LogP contribution in [-0.2, 0) is 5.75 Å². The van der Waals surface area contributed by atoms with Gasteiger partial charge in [0.25, 0.3) is 0 Å². The molecule has 0 atom stereocenters. The Balaban J connectivity index is 1.81. The van der Waals surface area contributed by atoms with Gasteiger partial charge in [0, 0.05) is 5.75 Å². The molecule has 1 nitrogen and oxygen atoms in total. The topological polar surface area (TPSA) is 13.1 Å². The molecular formula is C14H14OS. The van der Waals surface area contributed by atoms with E-state index in [1.807, 2.05) is 42.1 Å². The molecule has 0 bridgehead atoms. The maximum absolute atomic E-state index is 5.27. The first-order chi connectivity index (χ1) is 7.86. The van der Waals surface area contributed by atoms with Crippen molar-refractivity contribution in [2.45, 2.75) is 5.75 Å². The number of hydrogen-bond donors (Lipinski definition) is 0. The van der Waals surface area contributed by atoms with Crippen LogP contribution in [0.4, 0.5) is 0 Å². The Morgan fingerprint density at radius 2 is 1.94 bits per heavy atom. The summed E-state index contributed by atoms with van der Waals surface area (Å²) >= 11 is 1.82. The number of hydrogen-bond acceptors (Lipinski definition) is 2. The van der Waals surface area contributed by atoms with Gasteiger partial charge in [0.2, 0.25) is 0 Å². The van der Waals surface area contributed by atoms with E-state index in [2.05, 4.69) is 18.7 Å². The number of rotatable bonds is 5. The Kier molecular flexibility index (Phi) is 3.89. The van der Waals surface area contributed by atoms with Crippen molar-refractivity contribution < 1.29 is 4.42 Å². The van der Waals surface area contributed by atoms with Gasteiger partial charge in [-0.3, -0.25) is 0 Å². The van der Waals surface area contributed by atoms with Gasteiger partial charge in [0.15, 0.2) is 0 Å². The van der Waals surface area contributed by atoms with Crippen LogP contribution in [0.3, 0.4) is 0 Å². The van der Waals surface area contributed by atoms with Crippen LogP contribution >= 0.6 is 11.8 Å². The Morgan fingerprint density at radius 1 is 1.12 bits per heavy atom. The summed E-state index contributed by atoms with van der Waals surface area (Å²) in [6.45, 7) is 4.09. The average molecular weight is 230 g/mol. The lowest BCUT2D eigenvalue weighted by Crippen LogP contribution is -1.86. The second kappa shape index (κ2) is 5.61. The lowest BCUT2D eigenvalue weighted by Gasteiger charge is -2.04. The molecule has 16 heavy (non-hydrogen) atoms. The van der Waals surface area contributed by atoms with Gasteiger partial charge >= 0.3 is 0 Å². The van der Waals surface area contributed by atoms with Crippen LogP contribution in [0.15, 0.2) is 59.7 Å². The summed E-state index contributed by atoms with van der Waals surface area (Å²) in [6, 6.07) is 14.2. The fraction of sp³-hybridized carbons (Fsp3) is 0.143. The van der Waals surface area contributed by atoms with E-state index >= 15 is 0 Å². The number of thioether (sulfide) groups is 1. The van der Waals surface area contributed by atoms with Crippen molar-refractivity contribution in [3.63, 3.8) is 0 Å². The monoisotopic (exact) mass is 230 g/mol. The summed E-state index contributed by atoms with van der Waals surface area (Å²) in [4.78, 5) is 0. The first-order valence-electron chi connectivity index (χ1n) is 5.19. The summed E-state index contributed by atoms with van der Waals surface area (Å²) in [5.41, 5.74) is 2.38. The molecule has 0 aliphatic heterocycles. The number of benzene rings is 1. The quantitative estimate of drug-likeness (QED) is 0.762. The first-order valence-corrected chi connectivity index (χ1v) is 6.35. The van der Waals surface area contributed by atoms with E-state index < -0.39 is 0 Å². The van der Waals surface area contributed by atoms with Crippen molar-refractivity contribution in [3.05, 3.63) is 66.6 Å². The van der Waals surface area contributed by atoms with E-state index in [1.165, 1.54) is 5.56 Å². The van der Waals surface area contributed by atoms with Crippen LogP contribution in [0.25, 0.3) is 5.57 Å². The first kappa shape index (κ1) is 11.1. The van der Waals surface area contributed by atoms with E-state index in [0.717, 1.165) is 22.8 Å². The highest BCUT2D eigenvalue weighted by atomic mass is 32.2. The fourth-order valence-electron chi connectivity index (χ4n) is 1.43. The van der Waals surface area contributed by atoms with Crippen LogP contribution in [0.1, 0.15) is 11.3 Å². The van der Waals surface area contributed by atoms with Crippen molar-refractivity contribution in [1.29, 1.82) is 0 Å². The molecule has 0 saturated heterocycles. The van der Waals surface area contributed by atoms with Gasteiger partial charge in [-0.2, -0.15) is 0 Å². The third kappa shape index (κ3) is 3.04. The molecule has 0 aliphatic carbocycles. The third-order valence-corrected chi connectivity index (χ3v) is 3.32. The number of furan rings is 1. The Hall–Kier alpha value is -1.41. The van der Waals surface area contributed by atoms with Crippen molar-refractivity contribution in [1.82, 2.24) is 0 Å². The van der Waals surface area contributed by atoms with E-state index in [1.54, 1.807) is 6.26 Å². The van der Waals surface area contributed by atoms with Crippen molar-refractivity contribution in [3.8, 4) is 0 Å². The van der Waals surface area contributed by atoms with Crippen LogP contribution in [0, 0.1) is 0 Å². The lowest BCUT2D eigenvalue weighted by atomic mass is 10.1. The van der Waals surface area contributed by atoms with Gasteiger partial charge in [-0.25, -0.2) is 0 Å². The summed E-state index contributed by atoms with van der Waals surface area (Å²) in [5.74, 6) is 2.86. The maximum atomic E-state index is 5.27. The SMILES string of the molecule is C=C(CSCc1ccco1)c1ccccc1. The molecule has 0 unspecified atom stereocenters. The molecule has 0 radical (unpaired) electrons. The molecule has 1 aromatic heterocycles. The molecule has 2 aromatic rings. The van der Waals surface area contributed by atoms with Crippen molar-refractivity contribution in [2.75, 3.05) is 5.75 Å². The average Bonchev–Trinajstić information content (AvgIpc) is 2.83. The molecule has 0 fully saturated rings. The summed E-state index contributed by atoms with van der Waals surface area (Å²) in [6.07, 6.45) is 1.71. The summed E-state index contributed by atoms with van der Waals surface area (Å²) in [5, 5.41) is 0. The van der Waals surface area contributed by atoms with Crippen LogP contribution in [0.2, 0.25) is 0 Å². The second-order valence-electron chi connectivity index (χ2n) is 3.54. The Bertz CT molecular complexity index is 431. The molecule has 0 aliphatic rings. The van der Waals surface area contributed by atoms with Gasteiger partial charge in [-0.15, -0.1) is 11.8 Å². The van der Waals surface area contributed by atoms with E-state index in [9.17, 15) is 0 Å². The van der Waals surface area contributed by atoms with Crippen LogP contribution < -0.4 is 0 Å². The minimum Gasteiger partial charge on any atom is -0.468 e. The molecule has 0 N–H and O–H groups in total. The van der Waals surface area contributed by atoms with E-state index in [4.69, 9.17) is 4.42 Å². The molecule has 2 heteroatoms. The summed E-state index contributed by atoms with van der Waals surface area (Å²) in [7, 11) is 0. The van der Waals surface area contributed by atoms with Crippen LogP contribution in [0.5, 0.6) is 0 Å². The molecule has 2 rings (SSSR count). The molecule has 82 valence electrons. The van der Waals surface area contributed by atoms with Gasteiger partial charge in [0.05, 0.1) is 12.0 Å². The molecular weight excluding hydrogens is 216 g/mol. The van der Waals surface area contributed by atoms with E-state index in [-0.39, 0.29) is 0 Å². The third-order valence-electron chi connectivity index (χ3n) is 2.28. The second-order valence-corrected chi connectivity index (χ2v) is 4.53. The van der Waals surface area contributed by atoms with Crippen LogP contribution in [-0.4, -0.2) is 5.75 Å². The van der Waals surface area contributed by atoms with Gasteiger partial charge in [-0.1, -0.05) is 36.9 Å². The van der Waals surface area contributed by atoms with Crippen molar-refractivity contribution in [2.24, 2.45) is 0 Å². The minimum absolute atomic E-state index is 0.902. The molecule has 0 saturated carbocycles. The predicted octanol–water partition coefficient (Wildman–Crippen LogP) is 4.23. The Morgan fingerprint density at radius 3 is 2.62 bits per heavy atom. The van der Waals surface area contributed by atoms with Crippen molar-refractivity contribution >= 4 is 17.3 Å². The predicted molar refractivity (Wildman–Crippen MR) is 70.3 cm³/mol. The summed E-state index contributed by atoms with van der Waals surface area (Å²) < 4.78 is 5.27. The molecule has 0 spiro atoms. The largest absolute Gasteiger partial charge is 0.468 e. The van der Waals surface area contributed by atoms with Gasteiger partial charge < -0.3 is 4.42 Å². The standard InChI is InChI=1S/C14H14OS/c1-12(13-6-3-2-4-7-13)10-16-11-14-8-5-9-15-14/h2-9H,1,10-11H2. The smallest absolute Gasteiger partial charge is 0.113 e. The van der Waals surface area contributed by atoms with Gasteiger partial charge in [-0.05, 0) is 23.3 Å². The van der Waals surface area contributed by atoms with E-state index in [0.29, 0.717) is 0 Å². The highest BCUT2D eigenvalue weighted by molar-refractivity contribution is 7.98. The highest BCUT2D eigenvalue weighted by Gasteiger charge is 2.00. The zero-order chi connectivity index (χ0) is 11.2. The lowest BCUT2D eigenvalue weighted by molar-refractivity contribution is 0.530. The van der Waals surface area contributed by atoms with Gasteiger partial charge in [0.1, 0.15) is 5.76 Å². The highest BCUT2D eigenvalue weighted by Crippen LogP contribution is 2.20. The fourth-order valence-corrected chi connectivity index (χ4v) is 2.31.